The number of benzene rings is 2. The molecule has 0 atom stereocenters. The Morgan fingerprint density at radius 1 is 1.09 bits per heavy atom. The van der Waals surface area contributed by atoms with E-state index >= 15 is 0 Å². The standard InChI is InChI=1S/C18H22N2O3/c1-12-15(18(21)23-3)8-9-16(22-2)17(12)20-11-14-6-4-13(10-19)5-7-14/h4-9,20H,10-11,19H2,1-3H3. The van der Waals surface area contributed by atoms with Crippen LogP contribution in [0.5, 0.6) is 5.75 Å². The lowest BCUT2D eigenvalue weighted by Crippen LogP contribution is -2.09. The zero-order valence-electron chi connectivity index (χ0n) is 13.7. The number of ether oxygens (including phenoxy) is 2. The topological polar surface area (TPSA) is 73.6 Å². The normalized spacial score (nSPS) is 10.3. The fourth-order valence-corrected chi connectivity index (χ4v) is 2.39. The summed E-state index contributed by atoms with van der Waals surface area (Å²) < 4.78 is 10.2. The van der Waals surface area contributed by atoms with Crippen molar-refractivity contribution in [1.29, 1.82) is 0 Å². The van der Waals surface area contributed by atoms with Gasteiger partial charge in [-0.3, -0.25) is 0 Å². The number of anilines is 1. The summed E-state index contributed by atoms with van der Waals surface area (Å²) in [6.45, 7) is 3.02. The van der Waals surface area contributed by atoms with E-state index in [4.69, 9.17) is 15.2 Å². The Balaban J connectivity index is 2.24. The van der Waals surface area contributed by atoms with Crippen LogP contribution < -0.4 is 15.8 Å². The van der Waals surface area contributed by atoms with Crippen molar-refractivity contribution in [3.63, 3.8) is 0 Å². The molecule has 0 amide bonds. The van der Waals surface area contributed by atoms with Crippen LogP contribution in [-0.4, -0.2) is 20.2 Å². The van der Waals surface area contributed by atoms with E-state index in [2.05, 4.69) is 5.32 Å². The van der Waals surface area contributed by atoms with Gasteiger partial charge in [-0.05, 0) is 35.7 Å². The number of nitrogens with two attached hydrogens (primary N) is 1. The lowest BCUT2D eigenvalue weighted by Gasteiger charge is -2.16. The van der Waals surface area contributed by atoms with Crippen molar-refractivity contribution in [2.45, 2.75) is 20.0 Å². The zero-order valence-corrected chi connectivity index (χ0v) is 13.7. The molecule has 0 aliphatic rings. The summed E-state index contributed by atoms with van der Waals surface area (Å²) in [5.41, 5.74) is 9.93. The van der Waals surface area contributed by atoms with Gasteiger partial charge in [-0.15, -0.1) is 0 Å². The largest absolute Gasteiger partial charge is 0.495 e. The fourth-order valence-electron chi connectivity index (χ4n) is 2.39. The number of esters is 1. The van der Waals surface area contributed by atoms with Gasteiger partial charge in [-0.25, -0.2) is 4.79 Å². The van der Waals surface area contributed by atoms with Gasteiger partial charge in [0.2, 0.25) is 0 Å². The molecule has 3 N–H and O–H groups in total. The monoisotopic (exact) mass is 314 g/mol. The molecule has 0 aliphatic heterocycles. The molecule has 5 heteroatoms. The maximum absolute atomic E-state index is 11.8. The van der Waals surface area contributed by atoms with Crippen LogP contribution in [0.1, 0.15) is 27.0 Å². The maximum Gasteiger partial charge on any atom is 0.338 e. The van der Waals surface area contributed by atoms with Gasteiger partial charge in [0.1, 0.15) is 5.75 Å². The highest BCUT2D eigenvalue weighted by Gasteiger charge is 2.16. The maximum atomic E-state index is 11.8. The molecule has 0 aliphatic carbocycles. The third-order valence-electron chi connectivity index (χ3n) is 3.78. The number of methoxy groups -OCH3 is 2. The van der Waals surface area contributed by atoms with Gasteiger partial charge >= 0.3 is 5.97 Å². The van der Waals surface area contributed by atoms with Gasteiger partial charge in [0.05, 0.1) is 25.5 Å². The molecule has 0 saturated carbocycles. The van der Waals surface area contributed by atoms with E-state index in [0.717, 1.165) is 22.4 Å². The van der Waals surface area contributed by atoms with Crippen LogP contribution in [0.2, 0.25) is 0 Å². The molecule has 0 radical (unpaired) electrons. The van der Waals surface area contributed by atoms with E-state index in [1.807, 2.05) is 31.2 Å². The highest BCUT2D eigenvalue weighted by atomic mass is 16.5. The first-order valence-corrected chi connectivity index (χ1v) is 7.38. The minimum absolute atomic E-state index is 0.361. The Morgan fingerprint density at radius 3 is 2.30 bits per heavy atom. The van der Waals surface area contributed by atoms with Crippen LogP contribution in [-0.2, 0) is 17.8 Å². The average Bonchev–Trinajstić information content (AvgIpc) is 2.60. The molecule has 0 unspecified atom stereocenters. The Hall–Kier alpha value is -2.53. The van der Waals surface area contributed by atoms with Crippen LogP contribution in [0, 0.1) is 6.92 Å². The number of hydrogen-bond acceptors (Lipinski definition) is 5. The number of carbonyl (C=O) groups is 1. The third-order valence-corrected chi connectivity index (χ3v) is 3.78. The molecule has 23 heavy (non-hydrogen) atoms. The van der Waals surface area contributed by atoms with E-state index in [1.165, 1.54) is 7.11 Å². The van der Waals surface area contributed by atoms with Gasteiger partial charge in [0.25, 0.3) is 0 Å². The van der Waals surface area contributed by atoms with Gasteiger partial charge in [0.15, 0.2) is 0 Å². The molecule has 0 fully saturated rings. The molecule has 0 saturated heterocycles. The molecule has 2 aromatic carbocycles. The van der Waals surface area contributed by atoms with Crippen molar-refractivity contribution in [3.05, 3.63) is 58.7 Å². The first kappa shape index (κ1) is 16.8. The molecular formula is C18H22N2O3. The first-order valence-electron chi connectivity index (χ1n) is 7.38. The van der Waals surface area contributed by atoms with Crippen molar-refractivity contribution in [1.82, 2.24) is 0 Å². The summed E-state index contributed by atoms with van der Waals surface area (Å²) in [7, 11) is 2.98. The number of rotatable bonds is 6. The summed E-state index contributed by atoms with van der Waals surface area (Å²) in [5.74, 6) is 0.328. The van der Waals surface area contributed by atoms with Crippen LogP contribution >= 0.6 is 0 Å². The molecule has 122 valence electrons. The lowest BCUT2D eigenvalue weighted by molar-refractivity contribution is 0.0600. The molecule has 0 heterocycles. The second kappa shape index (κ2) is 7.65. The summed E-state index contributed by atoms with van der Waals surface area (Å²) in [4.78, 5) is 11.8. The van der Waals surface area contributed by atoms with Crippen LogP contribution in [0.4, 0.5) is 5.69 Å². The van der Waals surface area contributed by atoms with E-state index < -0.39 is 0 Å². The van der Waals surface area contributed by atoms with Crippen LogP contribution in [0.3, 0.4) is 0 Å². The van der Waals surface area contributed by atoms with Crippen LogP contribution in [0.25, 0.3) is 0 Å². The smallest absolute Gasteiger partial charge is 0.338 e. The van der Waals surface area contributed by atoms with Gasteiger partial charge < -0.3 is 20.5 Å². The number of nitrogens with one attached hydrogen (secondary N) is 1. The van der Waals surface area contributed by atoms with Crippen molar-refractivity contribution in [2.24, 2.45) is 5.73 Å². The molecule has 2 rings (SSSR count). The van der Waals surface area contributed by atoms with E-state index in [0.29, 0.717) is 24.4 Å². The Bertz CT molecular complexity index is 681. The average molecular weight is 314 g/mol. The number of carbonyl (C=O) groups excluding carboxylic acids is 1. The fraction of sp³-hybridized carbons (Fsp3) is 0.278. The van der Waals surface area contributed by atoms with Crippen LogP contribution in [0.15, 0.2) is 36.4 Å². The first-order chi connectivity index (χ1) is 11.1. The quantitative estimate of drug-likeness (QED) is 0.802. The summed E-state index contributed by atoms with van der Waals surface area (Å²) >= 11 is 0. The Morgan fingerprint density at radius 2 is 1.74 bits per heavy atom. The molecule has 0 bridgehead atoms. The molecule has 5 nitrogen and oxygen atoms in total. The molecule has 0 aromatic heterocycles. The van der Waals surface area contributed by atoms with E-state index in [-0.39, 0.29) is 5.97 Å². The van der Waals surface area contributed by atoms with Crippen molar-refractivity contribution < 1.29 is 14.3 Å². The molecular weight excluding hydrogens is 292 g/mol. The molecule has 0 spiro atoms. The molecule has 2 aromatic rings. The highest BCUT2D eigenvalue weighted by Crippen LogP contribution is 2.31. The SMILES string of the molecule is COC(=O)c1ccc(OC)c(NCc2ccc(CN)cc2)c1C. The van der Waals surface area contributed by atoms with Gasteiger partial charge in [-0.1, -0.05) is 24.3 Å². The summed E-state index contributed by atoms with van der Waals surface area (Å²) in [6, 6.07) is 11.5. The number of hydrogen-bond donors (Lipinski definition) is 2. The third kappa shape index (κ3) is 3.81. The minimum Gasteiger partial charge on any atom is -0.495 e. The van der Waals surface area contributed by atoms with E-state index in [1.54, 1.807) is 19.2 Å². The predicted octanol–water partition coefficient (Wildman–Crippen LogP) is 2.86. The summed E-state index contributed by atoms with van der Waals surface area (Å²) in [6.07, 6.45) is 0. The lowest BCUT2D eigenvalue weighted by atomic mass is 10.1. The Kier molecular flexibility index (Phi) is 5.60. The minimum atomic E-state index is -0.361. The van der Waals surface area contributed by atoms with E-state index in [9.17, 15) is 4.79 Å². The summed E-state index contributed by atoms with van der Waals surface area (Å²) in [5, 5.41) is 3.34. The second-order valence-electron chi connectivity index (χ2n) is 5.18. The Labute approximate surface area is 136 Å². The van der Waals surface area contributed by atoms with Crippen molar-refractivity contribution >= 4 is 11.7 Å². The van der Waals surface area contributed by atoms with Crippen molar-refractivity contribution in [3.8, 4) is 5.75 Å². The van der Waals surface area contributed by atoms with Gasteiger partial charge in [0, 0.05) is 13.1 Å². The second-order valence-corrected chi connectivity index (χ2v) is 5.18. The predicted molar refractivity (Wildman–Crippen MR) is 90.7 cm³/mol. The zero-order chi connectivity index (χ0) is 16.8. The van der Waals surface area contributed by atoms with Crippen molar-refractivity contribution in [2.75, 3.05) is 19.5 Å². The highest BCUT2D eigenvalue weighted by molar-refractivity contribution is 5.93. The van der Waals surface area contributed by atoms with Gasteiger partial charge in [-0.2, -0.15) is 0 Å².